The largest absolute Gasteiger partial charge is 0.491 e. The highest BCUT2D eigenvalue weighted by Crippen LogP contribution is 2.16. The minimum Gasteiger partial charge on any atom is -0.491 e. The number of ether oxygens (including phenoxy) is 1. The van der Waals surface area contributed by atoms with Gasteiger partial charge in [-0.15, -0.1) is 0 Å². The van der Waals surface area contributed by atoms with Gasteiger partial charge in [-0.05, 0) is 44.4 Å². The van der Waals surface area contributed by atoms with Gasteiger partial charge in [0.15, 0.2) is 0 Å². The van der Waals surface area contributed by atoms with Crippen LogP contribution in [0.1, 0.15) is 39.2 Å². The first-order chi connectivity index (χ1) is 7.61. The zero-order valence-corrected chi connectivity index (χ0v) is 10.6. The molecule has 2 unspecified atom stereocenters. The van der Waals surface area contributed by atoms with Crippen LogP contribution in [-0.4, -0.2) is 12.1 Å². The van der Waals surface area contributed by atoms with Crippen LogP contribution in [0.3, 0.4) is 0 Å². The van der Waals surface area contributed by atoms with Crippen LogP contribution in [-0.2, 0) is 6.42 Å². The Labute approximate surface area is 98.8 Å². The van der Waals surface area contributed by atoms with Crippen LogP contribution in [0.4, 0.5) is 0 Å². The standard InChI is InChI=1S/C14H23NO/c1-4-5-13-6-8-14(9-7-13)16-12(3)10-11(2)15/h6-9,11-12H,4-5,10,15H2,1-3H3. The summed E-state index contributed by atoms with van der Waals surface area (Å²) in [6, 6.07) is 8.55. The van der Waals surface area contributed by atoms with Gasteiger partial charge in [-0.3, -0.25) is 0 Å². The van der Waals surface area contributed by atoms with E-state index in [0.29, 0.717) is 0 Å². The Morgan fingerprint density at radius 3 is 2.31 bits per heavy atom. The maximum absolute atomic E-state index is 5.78. The van der Waals surface area contributed by atoms with Gasteiger partial charge < -0.3 is 10.5 Å². The molecule has 0 amide bonds. The second kappa shape index (κ2) is 6.54. The predicted octanol–water partition coefficient (Wildman–Crippen LogP) is 3.14. The molecule has 90 valence electrons. The number of aryl methyl sites for hydroxylation is 1. The molecule has 2 atom stereocenters. The molecular formula is C14H23NO. The zero-order chi connectivity index (χ0) is 12.0. The maximum atomic E-state index is 5.78. The van der Waals surface area contributed by atoms with Crippen molar-refractivity contribution in [3.8, 4) is 5.75 Å². The van der Waals surface area contributed by atoms with Gasteiger partial charge in [0.25, 0.3) is 0 Å². The van der Waals surface area contributed by atoms with Gasteiger partial charge in [0.1, 0.15) is 5.75 Å². The normalized spacial score (nSPS) is 14.5. The van der Waals surface area contributed by atoms with Crippen molar-refractivity contribution in [3.63, 3.8) is 0 Å². The lowest BCUT2D eigenvalue weighted by Crippen LogP contribution is -2.24. The molecule has 0 saturated carbocycles. The summed E-state index contributed by atoms with van der Waals surface area (Å²) in [4.78, 5) is 0. The van der Waals surface area contributed by atoms with Crippen molar-refractivity contribution in [2.75, 3.05) is 0 Å². The molecule has 2 heteroatoms. The average Bonchev–Trinajstić information content (AvgIpc) is 2.20. The van der Waals surface area contributed by atoms with Crippen molar-refractivity contribution in [1.29, 1.82) is 0 Å². The Morgan fingerprint density at radius 1 is 1.19 bits per heavy atom. The highest BCUT2D eigenvalue weighted by atomic mass is 16.5. The fourth-order valence-electron chi connectivity index (χ4n) is 1.83. The molecule has 0 heterocycles. The number of benzene rings is 1. The highest BCUT2D eigenvalue weighted by molar-refractivity contribution is 5.27. The summed E-state index contributed by atoms with van der Waals surface area (Å²) in [6.45, 7) is 6.25. The van der Waals surface area contributed by atoms with E-state index in [1.807, 2.05) is 19.1 Å². The van der Waals surface area contributed by atoms with Gasteiger partial charge in [-0.2, -0.15) is 0 Å². The monoisotopic (exact) mass is 221 g/mol. The van der Waals surface area contributed by atoms with E-state index in [1.54, 1.807) is 0 Å². The van der Waals surface area contributed by atoms with Crippen molar-refractivity contribution in [1.82, 2.24) is 0 Å². The van der Waals surface area contributed by atoms with Crippen LogP contribution >= 0.6 is 0 Å². The Morgan fingerprint density at radius 2 is 1.81 bits per heavy atom. The van der Waals surface area contributed by atoms with Gasteiger partial charge in [0, 0.05) is 6.04 Å². The summed E-state index contributed by atoms with van der Waals surface area (Å²) < 4.78 is 5.78. The summed E-state index contributed by atoms with van der Waals surface area (Å²) in [5, 5.41) is 0. The molecule has 0 aromatic heterocycles. The van der Waals surface area contributed by atoms with E-state index in [9.17, 15) is 0 Å². The van der Waals surface area contributed by atoms with Crippen molar-refractivity contribution >= 4 is 0 Å². The van der Waals surface area contributed by atoms with E-state index in [-0.39, 0.29) is 12.1 Å². The molecule has 0 saturated heterocycles. The summed E-state index contributed by atoms with van der Waals surface area (Å²) in [5.74, 6) is 0.938. The second-order valence-electron chi connectivity index (χ2n) is 4.54. The van der Waals surface area contributed by atoms with Gasteiger partial charge in [-0.1, -0.05) is 25.5 Å². The average molecular weight is 221 g/mol. The van der Waals surface area contributed by atoms with Crippen LogP contribution in [0, 0.1) is 0 Å². The molecule has 2 nitrogen and oxygen atoms in total. The summed E-state index contributed by atoms with van der Waals surface area (Å²) in [5.41, 5.74) is 7.10. The minimum atomic E-state index is 0.178. The number of nitrogens with two attached hydrogens (primary N) is 1. The first-order valence-electron chi connectivity index (χ1n) is 6.13. The smallest absolute Gasteiger partial charge is 0.119 e. The SMILES string of the molecule is CCCc1ccc(OC(C)CC(C)N)cc1. The van der Waals surface area contributed by atoms with Crippen molar-refractivity contribution in [2.24, 2.45) is 5.73 Å². The van der Waals surface area contributed by atoms with Gasteiger partial charge in [0.05, 0.1) is 6.10 Å². The van der Waals surface area contributed by atoms with E-state index in [0.717, 1.165) is 18.6 Å². The highest BCUT2D eigenvalue weighted by Gasteiger charge is 2.06. The summed E-state index contributed by atoms with van der Waals surface area (Å²) in [7, 11) is 0. The van der Waals surface area contributed by atoms with E-state index in [1.165, 1.54) is 12.0 Å². The van der Waals surface area contributed by atoms with Gasteiger partial charge in [0.2, 0.25) is 0 Å². The molecule has 16 heavy (non-hydrogen) atoms. The molecule has 0 spiro atoms. The molecule has 0 fully saturated rings. The van der Waals surface area contributed by atoms with Gasteiger partial charge >= 0.3 is 0 Å². The molecule has 2 N–H and O–H groups in total. The molecule has 0 aliphatic rings. The van der Waals surface area contributed by atoms with E-state index >= 15 is 0 Å². The van der Waals surface area contributed by atoms with Crippen LogP contribution in [0.5, 0.6) is 5.75 Å². The van der Waals surface area contributed by atoms with E-state index in [4.69, 9.17) is 10.5 Å². The van der Waals surface area contributed by atoms with E-state index < -0.39 is 0 Å². The Balaban J connectivity index is 2.48. The topological polar surface area (TPSA) is 35.2 Å². The predicted molar refractivity (Wildman–Crippen MR) is 68.8 cm³/mol. The van der Waals surface area contributed by atoms with Crippen molar-refractivity contribution < 1.29 is 4.74 Å². The Bertz CT molecular complexity index is 292. The molecule has 0 radical (unpaired) electrons. The Hall–Kier alpha value is -1.02. The summed E-state index contributed by atoms with van der Waals surface area (Å²) >= 11 is 0. The first kappa shape index (κ1) is 13.0. The molecular weight excluding hydrogens is 198 g/mol. The third-order valence-electron chi connectivity index (χ3n) is 2.50. The number of rotatable bonds is 6. The van der Waals surface area contributed by atoms with Gasteiger partial charge in [-0.25, -0.2) is 0 Å². The fraction of sp³-hybridized carbons (Fsp3) is 0.571. The molecule has 0 bridgehead atoms. The van der Waals surface area contributed by atoms with Crippen LogP contribution in [0.25, 0.3) is 0 Å². The lowest BCUT2D eigenvalue weighted by molar-refractivity contribution is 0.203. The van der Waals surface area contributed by atoms with Crippen molar-refractivity contribution in [3.05, 3.63) is 29.8 Å². The first-order valence-corrected chi connectivity index (χ1v) is 6.13. The molecule has 1 rings (SSSR count). The quantitative estimate of drug-likeness (QED) is 0.801. The lowest BCUT2D eigenvalue weighted by atomic mass is 10.1. The van der Waals surface area contributed by atoms with Crippen LogP contribution in [0.15, 0.2) is 24.3 Å². The zero-order valence-electron chi connectivity index (χ0n) is 10.6. The lowest BCUT2D eigenvalue weighted by Gasteiger charge is -2.16. The number of hydrogen-bond acceptors (Lipinski definition) is 2. The van der Waals surface area contributed by atoms with E-state index in [2.05, 4.69) is 26.0 Å². The minimum absolute atomic E-state index is 0.178. The maximum Gasteiger partial charge on any atom is 0.119 e. The number of hydrogen-bond donors (Lipinski definition) is 1. The third-order valence-corrected chi connectivity index (χ3v) is 2.50. The Kier molecular flexibility index (Phi) is 5.33. The second-order valence-corrected chi connectivity index (χ2v) is 4.54. The van der Waals surface area contributed by atoms with Crippen molar-refractivity contribution in [2.45, 2.75) is 52.2 Å². The molecule has 1 aromatic rings. The summed E-state index contributed by atoms with van der Waals surface area (Å²) in [6.07, 6.45) is 3.38. The molecule has 1 aromatic carbocycles. The molecule has 0 aliphatic heterocycles. The third kappa shape index (κ3) is 4.67. The molecule has 0 aliphatic carbocycles. The van der Waals surface area contributed by atoms with Crippen LogP contribution in [0.2, 0.25) is 0 Å². The van der Waals surface area contributed by atoms with Crippen LogP contribution < -0.4 is 10.5 Å². The fourth-order valence-corrected chi connectivity index (χ4v) is 1.83.